The number of nitrogens with one attached hydrogen (secondary N) is 1. The monoisotopic (exact) mass is 267 g/mol. The molecule has 18 heavy (non-hydrogen) atoms. The van der Waals surface area contributed by atoms with E-state index in [0.29, 0.717) is 0 Å². The highest BCUT2D eigenvalue weighted by atomic mass is 32.1. The normalized spacial score (nSPS) is 12.6. The van der Waals surface area contributed by atoms with Crippen LogP contribution in [0.5, 0.6) is 0 Å². The molecule has 0 aliphatic heterocycles. The second-order valence-electron chi connectivity index (χ2n) is 4.32. The van der Waals surface area contributed by atoms with Crippen LogP contribution in [0.3, 0.4) is 0 Å². The number of hydrogen-bond donors (Lipinski definition) is 1. The lowest BCUT2D eigenvalue weighted by atomic mass is 10.1. The summed E-state index contributed by atoms with van der Waals surface area (Å²) in [5.41, 5.74) is 1.35. The van der Waals surface area contributed by atoms with Gasteiger partial charge in [-0.25, -0.2) is 8.78 Å². The maximum absolute atomic E-state index is 13.4. The quantitative estimate of drug-likeness (QED) is 0.870. The molecule has 1 atom stereocenters. The van der Waals surface area contributed by atoms with Gasteiger partial charge in [-0.1, -0.05) is 6.07 Å². The molecule has 2 rings (SSSR count). The lowest BCUT2D eigenvalue weighted by Gasteiger charge is -2.13. The van der Waals surface area contributed by atoms with Crippen LogP contribution in [0.25, 0.3) is 0 Å². The van der Waals surface area contributed by atoms with Crippen molar-refractivity contribution in [3.05, 3.63) is 57.8 Å². The lowest BCUT2D eigenvalue weighted by molar-refractivity contribution is 0.498. The maximum atomic E-state index is 13.4. The van der Waals surface area contributed by atoms with Crippen molar-refractivity contribution in [3.8, 4) is 0 Å². The van der Waals surface area contributed by atoms with E-state index in [1.54, 1.807) is 11.3 Å². The topological polar surface area (TPSA) is 12.0 Å². The van der Waals surface area contributed by atoms with E-state index in [1.807, 2.05) is 12.3 Å². The summed E-state index contributed by atoms with van der Waals surface area (Å²) < 4.78 is 26.8. The zero-order valence-electron chi connectivity index (χ0n) is 10.1. The van der Waals surface area contributed by atoms with Crippen LogP contribution < -0.4 is 5.32 Å². The van der Waals surface area contributed by atoms with Crippen molar-refractivity contribution in [2.45, 2.75) is 25.9 Å². The Morgan fingerprint density at radius 3 is 2.56 bits per heavy atom. The molecule has 1 aromatic heterocycles. The number of rotatable bonds is 5. The molecule has 0 radical (unpaired) electrons. The second-order valence-corrected chi connectivity index (χ2v) is 5.10. The highest BCUT2D eigenvalue weighted by Gasteiger charge is 2.10. The van der Waals surface area contributed by atoms with E-state index in [9.17, 15) is 8.78 Å². The molecule has 0 bridgehead atoms. The fourth-order valence-corrected chi connectivity index (χ4v) is 2.49. The third-order valence-corrected chi connectivity index (χ3v) is 3.54. The fourth-order valence-electron chi connectivity index (χ4n) is 1.81. The molecule has 0 fully saturated rings. The molecule has 0 saturated heterocycles. The van der Waals surface area contributed by atoms with Crippen molar-refractivity contribution in [2.75, 3.05) is 0 Å². The van der Waals surface area contributed by atoms with E-state index in [0.717, 1.165) is 6.42 Å². The van der Waals surface area contributed by atoms with Crippen LogP contribution in [-0.2, 0) is 13.0 Å². The Morgan fingerprint density at radius 1 is 1.22 bits per heavy atom. The van der Waals surface area contributed by atoms with Gasteiger partial charge in [-0.15, -0.1) is 0 Å². The van der Waals surface area contributed by atoms with Crippen molar-refractivity contribution in [2.24, 2.45) is 0 Å². The van der Waals surface area contributed by atoms with Crippen LogP contribution in [0.15, 0.2) is 35.0 Å². The Kier molecular flexibility index (Phi) is 4.44. The molecular weight excluding hydrogens is 252 g/mol. The Morgan fingerprint density at radius 2 is 1.94 bits per heavy atom. The first kappa shape index (κ1) is 13.2. The summed E-state index contributed by atoms with van der Waals surface area (Å²) in [6, 6.07) is 6.18. The van der Waals surface area contributed by atoms with Crippen LogP contribution >= 0.6 is 11.3 Å². The molecule has 0 aliphatic carbocycles. The second kappa shape index (κ2) is 6.07. The summed E-state index contributed by atoms with van der Waals surface area (Å²) in [7, 11) is 0. The van der Waals surface area contributed by atoms with Gasteiger partial charge in [0, 0.05) is 18.2 Å². The molecule has 96 valence electrons. The van der Waals surface area contributed by atoms with Crippen molar-refractivity contribution in [3.63, 3.8) is 0 Å². The summed E-state index contributed by atoms with van der Waals surface area (Å²) in [5.74, 6) is -0.990. The van der Waals surface area contributed by atoms with Gasteiger partial charge >= 0.3 is 0 Å². The fraction of sp³-hybridized carbons (Fsp3) is 0.286. The van der Waals surface area contributed by atoms with Gasteiger partial charge in [0.1, 0.15) is 11.6 Å². The SMILES string of the molecule is CC(Cc1ccsc1)NCc1c(F)cccc1F. The largest absolute Gasteiger partial charge is 0.310 e. The summed E-state index contributed by atoms with van der Waals surface area (Å²) in [6.45, 7) is 2.22. The van der Waals surface area contributed by atoms with Crippen molar-refractivity contribution in [1.82, 2.24) is 5.32 Å². The van der Waals surface area contributed by atoms with Crippen LogP contribution in [0.2, 0.25) is 0 Å². The van der Waals surface area contributed by atoms with Crippen LogP contribution in [0, 0.1) is 11.6 Å². The van der Waals surface area contributed by atoms with E-state index in [4.69, 9.17) is 0 Å². The first-order valence-corrected chi connectivity index (χ1v) is 6.78. The zero-order chi connectivity index (χ0) is 13.0. The van der Waals surface area contributed by atoms with E-state index in [-0.39, 0.29) is 18.2 Å². The smallest absolute Gasteiger partial charge is 0.130 e. The van der Waals surface area contributed by atoms with Gasteiger partial charge in [0.05, 0.1) is 0 Å². The average molecular weight is 267 g/mol. The van der Waals surface area contributed by atoms with Gasteiger partial charge < -0.3 is 5.32 Å². The summed E-state index contributed by atoms with van der Waals surface area (Å²) in [5, 5.41) is 7.26. The molecule has 0 saturated carbocycles. The molecule has 4 heteroatoms. The minimum Gasteiger partial charge on any atom is -0.310 e. The summed E-state index contributed by atoms with van der Waals surface area (Å²) >= 11 is 1.65. The minimum atomic E-state index is -0.495. The maximum Gasteiger partial charge on any atom is 0.130 e. The highest BCUT2D eigenvalue weighted by Crippen LogP contribution is 2.13. The predicted octanol–water partition coefficient (Wildman–Crippen LogP) is 3.75. The van der Waals surface area contributed by atoms with E-state index in [1.165, 1.54) is 23.8 Å². The standard InChI is InChI=1S/C14H15F2NS/c1-10(7-11-5-6-18-9-11)17-8-12-13(15)3-2-4-14(12)16/h2-6,9-10,17H,7-8H2,1H3. The summed E-state index contributed by atoms with van der Waals surface area (Å²) in [4.78, 5) is 0. The number of hydrogen-bond acceptors (Lipinski definition) is 2. The Hall–Kier alpha value is -1.26. The van der Waals surface area contributed by atoms with E-state index < -0.39 is 11.6 Å². The van der Waals surface area contributed by atoms with E-state index in [2.05, 4.69) is 16.8 Å². The minimum absolute atomic E-state index is 0.106. The zero-order valence-corrected chi connectivity index (χ0v) is 10.9. The van der Waals surface area contributed by atoms with Gasteiger partial charge in [-0.3, -0.25) is 0 Å². The molecule has 0 amide bonds. The molecule has 1 unspecified atom stereocenters. The molecule has 1 aromatic carbocycles. The Bertz CT molecular complexity index is 476. The Balaban J connectivity index is 1.91. The first-order chi connectivity index (χ1) is 8.66. The highest BCUT2D eigenvalue weighted by molar-refractivity contribution is 7.07. The molecule has 0 aliphatic rings. The molecule has 2 aromatic rings. The van der Waals surface area contributed by atoms with Crippen molar-refractivity contribution >= 4 is 11.3 Å². The molecule has 1 heterocycles. The van der Waals surface area contributed by atoms with Gasteiger partial charge in [0.2, 0.25) is 0 Å². The average Bonchev–Trinajstić information content (AvgIpc) is 2.81. The third-order valence-electron chi connectivity index (χ3n) is 2.81. The van der Waals surface area contributed by atoms with Gasteiger partial charge in [0.15, 0.2) is 0 Å². The van der Waals surface area contributed by atoms with Gasteiger partial charge in [-0.05, 0) is 47.9 Å². The summed E-state index contributed by atoms with van der Waals surface area (Å²) in [6.07, 6.45) is 0.861. The van der Waals surface area contributed by atoms with Crippen LogP contribution in [-0.4, -0.2) is 6.04 Å². The number of thiophene rings is 1. The lowest BCUT2D eigenvalue weighted by Crippen LogP contribution is -2.28. The molecule has 1 nitrogen and oxygen atoms in total. The predicted molar refractivity (Wildman–Crippen MR) is 70.7 cm³/mol. The number of benzene rings is 1. The van der Waals surface area contributed by atoms with Crippen molar-refractivity contribution in [1.29, 1.82) is 0 Å². The first-order valence-electron chi connectivity index (χ1n) is 5.84. The molecular formula is C14H15F2NS. The Labute approximate surface area is 109 Å². The van der Waals surface area contributed by atoms with E-state index >= 15 is 0 Å². The van der Waals surface area contributed by atoms with Gasteiger partial charge in [-0.2, -0.15) is 11.3 Å². The van der Waals surface area contributed by atoms with Crippen molar-refractivity contribution < 1.29 is 8.78 Å². The van der Waals surface area contributed by atoms with Crippen LogP contribution in [0.1, 0.15) is 18.1 Å². The molecule has 1 N–H and O–H groups in total. The number of halogens is 2. The third kappa shape index (κ3) is 3.37. The van der Waals surface area contributed by atoms with Crippen LogP contribution in [0.4, 0.5) is 8.78 Å². The van der Waals surface area contributed by atoms with Gasteiger partial charge in [0.25, 0.3) is 0 Å². The molecule has 0 spiro atoms.